The molecule has 1 amide bonds. The summed E-state index contributed by atoms with van der Waals surface area (Å²) in [5.41, 5.74) is 1.62. The molecule has 0 aliphatic rings. The lowest BCUT2D eigenvalue weighted by Gasteiger charge is -2.13. The molecule has 0 radical (unpaired) electrons. The van der Waals surface area contributed by atoms with Crippen LogP contribution in [-0.2, 0) is 4.79 Å². The molecule has 0 saturated heterocycles. The lowest BCUT2D eigenvalue weighted by atomic mass is 10.1. The van der Waals surface area contributed by atoms with Gasteiger partial charge in [-0.25, -0.2) is 0 Å². The van der Waals surface area contributed by atoms with Crippen LogP contribution >= 0.6 is 11.3 Å². The van der Waals surface area contributed by atoms with E-state index in [2.05, 4.69) is 5.32 Å². The Morgan fingerprint density at radius 1 is 1.22 bits per heavy atom. The molecule has 0 aliphatic heterocycles. The number of nitrogens with one attached hydrogen (secondary N) is 1. The number of thiophene rings is 1. The Bertz CT molecular complexity index is 624. The van der Waals surface area contributed by atoms with E-state index >= 15 is 0 Å². The fourth-order valence-electron chi connectivity index (χ4n) is 1.98. The van der Waals surface area contributed by atoms with Crippen LogP contribution in [0.15, 0.2) is 41.8 Å². The lowest BCUT2D eigenvalue weighted by Crippen LogP contribution is -2.29. The van der Waals surface area contributed by atoms with Crippen molar-refractivity contribution in [3.05, 3.63) is 47.3 Å². The first-order valence-electron chi connectivity index (χ1n) is 7.00. The number of benzene rings is 1. The first-order valence-corrected chi connectivity index (χ1v) is 7.88. The van der Waals surface area contributed by atoms with Gasteiger partial charge in [-0.15, -0.1) is 11.3 Å². The number of aliphatic hydroxyl groups is 1. The average Bonchev–Trinajstić information content (AvgIpc) is 3.04. The van der Waals surface area contributed by atoms with E-state index in [4.69, 9.17) is 0 Å². The van der Waals surface area contributed by atoms with Gasteiger partial charge in [0.25, 0.3) is 0 Å². The maximum atomic E-state index is 12.0. The summed E-state index contributed by atoms with van der Waals surface area (Å²) in [7, 11) is 0. The van der Waals surface area contributed by atoms with Crippen LogP contribution in [0.1, 0.15) is 24.5 Å². The number of aliphatic hydroxyl groups excluding tert-OH is 1. The van der Waals surface area contributed by atoms with E-state index in [0.717, 1.165) is 10.4 Å². The number of rotatable bonds is 6. The second kappa shape index (κ2) is 7.61. The first kappa shape index (κ1) is 17.5. The molecule has 1 unspecified atom stereocenters. The predicted octanol–water partition coefficient (Wildman–Crippen LogP) is 3.91. The van der Waals surface area contributed by atoms with Crippen molar-refractivity contribution in [1.29, 1.82) is 0 Å². The Morgan fingerprint density at radius 3 is 2.48 bits per heavy atom. The van der Waals surface area contributed by atoms with Gasteiger partial charge in [0.2, 0.25) is 5.91 Å². The van der Waals surface area contributed by atoms with Crippen molar-refractivity contribution in [2.45, 2.75) is 25.1 Å². The summed E-state index contributed by atoms with van der Waals surface area (Å²) in [6.45, 7) is -0.116. The second-order valence-corrected chi connectivity index (χ2v) is 5.98. The molecule has 2 N–H and O–H groups in total. The van der Waals surface area contributed by atoms with E-state index in [0.29, 0.717) is 5.56 Å². The van der Waals surface area contributed by atoms with Gasteiger partial charge in [-0.05, 0) is 22.6 Å². The van der Waals surface area contributed by atoms with Gasteiger partial charge in [0, 0.05) is 17.8 Å². The third-order valence-electron chi connectivity index (χ3n) is 3.23. The Hall–Kier alpha value is -1.86. The van der Waals surface area contributed by atoms with Crippen LogP contribution in [-0.4, -0.2) is 23.7 Å². The van der Waals surface area contributed by atoms with Gasteiger partial charge >= 0.3 is 6.18 Å². The van der Waals surface area contributed by atoms with Crippen LogP contribution in [0.25, 0.3) is 10.4 Å². The molecule has 1 heterocycles. The zero-order valence-corrected chi connectivity index (χ0v) is 13.0. The maximum Gasteiger partial charge on any atom is 0.389 e. The molecule has 2 aromatic rings. The van der Waals surface area contributed by atoms with Crippen LogP contribution in [0.2, 0.25) is 0 Å². The minimum absolute atomic E-state index is 0.116. The van der Waals surface area contributed by atoms with E-state index in [9.17, 15) is 23.1 Å². The normalized spacial score (nSPS) is 12.9. The molecule has 23 heavy (non-hydrogen) atoms. The fraction of sp³-hybridized carbons (Fsp3) is 0.312. The van der Waals surface area contributed by atoms with Crippen LogP contribution in [0, 0.1) is 0 Å². The number of halogens is 3. The van der Waals surface area contributed by atoms with Crippen molar-refractivity contribution in [2.75, 3.05) is 6.54 Å². The third-order valence-corrected chi connectivity index (χ3v) is 4.15. The van der Waals surface area contributed by atoms with Crippen LogP contribution < -0.4 is 5.32 Å². The van der Waals surface area contributed by atoms with Crippen LogP contribution in [0.5, 0.6) is 0 Å². The van der Waals surface area contributed by atoms with E-state index in [-0.39, 0.29) is 6.54 Å². The summed E-state index contributed by atoms with van der Waals surface area (Å²) in [6.07, 6.45) is -7.10. The van der Waals surface area contributed by atoms with Crippen LogP contribution in [0.3, 0.4) is 0 Å². The second-order valence-electron chi connectivity index (χ2n) is 5.03. The Morgan fingerprint density at radius 2 is 1.91 bits per heavy atom. The summed E-state index contributed by atoms with van der Waals surface area (Å²) in [6, 6.07) is 11.1. The molecular weight excluding hydrogens is 327 g/mol. The van der Waals surface area contributed by atoms with Crippen molar-refractivity contribution in [1.82, 2.24) is 5.32 Å². The monoisotopic (exact) mass is 343 g/mol. The van der Waals surface area contributed by atoms with Gasteiger partial charge in [-0.3, -0.25) is 4.79 Å². The molecule has 0 spiro atoms. The summed E-state index contributed by atoms with van der Waals surface area (Å²) in [5.74, 6) is -0.725. The van der Waals surface area contributed by atoms with Crippen LogP contribution in [0.4, 0.5) is 13.2 Å². The largest absolute Gasteiger partial charge is 0.389 e. The fourth-order valence-corrected chi connectivity index (χ4v) is 2.72. The molecule has 1 aromatic heterocycles. The minimum atomic E-state index is -4.35. The molecular formula is C16H16F3NO2S. The Balaban J connectivity index is 1.84. The number of alkyl halides is 3. The van der Waals surface area contributed by atoms with Gasteiger partial charge in [-0.1, -0.05) is 30.3 Å². The number of hydrogen-bond donors (Lipinski definition) is 2. The SMILES string of the molecule is O=C(CCC(F)(F)F)NCC(O)c1ccc(-c2cccs2)cc1. The first-order chi connectivity index (χ1) is 10.8. The summed E-state index contributed by atoms with van der Waals surface area (Å²) in [4.78, 5) is 12.4. The van der Waals surface area contributed by atoms with E-state index in [1.54, 1.807) is 23.5 Å². The third kappa shape index (κ3) is 5.69. The van der Waals surface area contributed by atoms with Gasteiger partial charge in [0.15, 0.2) is 0 Å². The zero-order chi connectivity index (χ0) is 16.9. The number of hydrogen-bond acceptors (Lipinski definition) is 3. The lowest BCUT2D eigenvalue weighted by molar-refractivity contribution is -0.144. The van der Waals surface area contributed by atoms with Crippen molar-refractivity contribution in [3.8, 4) is 10.4 Å². The molecule has 1 aromatic carbocycles. The highest BCUT2D eigenvalue weighted by Gasteiger charge is 2.27. The van der Waals surface area contributed by atoms with Gasteiger partial charge in [0.1, 0.15) is 0 Å². The molecule has 124 valence electrons. The van der Waals surface area contributed by atoms with Gasteiger partial charge < -0.3 is 10.4 Å². The molecule has 2 rings (SSSR count). The molecule has 7 heteroatoms. The van der Waals surface area contributed by atoms with Crippen molar-refractivity contribution in [3.63, 3.8) is 0 Å². The molecule has 0 saturated carbocycles. The Labute approximate surface area is 135 Å². The topological polar surface area (TPSA) is 49.3 Å². The predicted molar refractivity (Wildman–Crippen MR) is 83.0 cm³/mol. The minimum Gasteiger partial charge on any atom is -0.387 e. The van der Waals surface area contributed by atoms with Gasteiger partial charge in [-0.2, -0.15) is 13.2 Å². The maximum absolute atomic E-state index is 12.0. The van der Waals surface area contributed by atoms with Crippen molar-refractivity contribution in [2.24, 2.45) is 0 Å². The standard InChI is InChI=1S/C16H16F3NO2S/c17-16(18,19)8-7-15(22)20-10-13(21)11-3-5-12(6-4-11)14-2-1-9-23-14/h1-6,9,13,21H,7-8,10H2,(H,20,22). The molecule has 1 atom stereocenters. The number of amides is 1. The highest BCUT2D eigenvalue weighted by molar-refractivity contribution is 7.13. The summed E-state index contributed by atoms with van der Waals surface area (Å²) in [5, 5.41) is 14.3. The molecule has 0 fully saturated rings. The van der Waals surface area contributed by atoms with E-state index in [1.165, 1.54) is 0 Å². The summed E-state index contributed by atoms with van der Waals surface area (Å²) >= 11 is 1.60. The smallest absolute Gasteiger partial charge is 0.387 e. The van der Waals surface area contributed by atoms with E-state index in [1.807, 2.05) is 29.6 Å². The Kier molecular flexibility index (Phi) is 5.79. The molecule has 0 bridgehead atoms. The number of carbonyl (C=O) groups is 1. The average molecular weight is 343 g/mol. The quantitative estimate of drug-likeness (QED) is 0.835. The summed E-state index contributed by atoms with van der Waals surface area (Å²) < 4.78 is 36.0. The van der Waals surface area contributed by atoms with Crippen molar-refractivity contribution >= 4 is 17.2 Å². The molecule has 3 nitrogen and oxygen atoms in total. The van der Waals surface area contributed by atoms with Gasteiger partial charge in [0.05, 0.1) is 12.5 Å². The highest BCUT2D eigenvalue weighted by Crippen LogP contribution is 2.26. The van der Waals surface area contributed by atoms with E-state index < -0.39 is 31.0 Å². The van der Waals surface area contributed by atoms with Crippen molar-refractivity contribution < 1.29 is 23.1 Å². The highest BCUT2D eigenvalue weighted by atomic mass is 32.1. The number of carbonyl (C=O) groups excluding carboxylic acids is 1. The molecule has 0 aliphatic carbocycles. The zero-order valence-electron chi connectivity index (χ0n) is 12.1.